The Labute approximate surface area is 71.6 Å². The predicted octanol–water partition coefficient (Wildman–Crippen LogP) is 3.13. The minimum absolute atomic E-state index is 0.0390. The summed E-state index contributed by atoms with van der Waals surface area (Å²) in [4.78, 5) is 0. The fourth-order valence-corrected chi connectivity index (χ4v) is 6.39. The summed E-state index contributed by atoms with van der Waals surface area (Å²) in [5, 5.41) is 0. The molecule has 54 valence electrons. The Morgan fingerprint density at radius 3 is 1.67 bits per heavy atom. The number of unbranched alkanes of at least 4 members (excludes halogenated alkanes) is 2. The third kappa shape index (κ3) is 8.92. The van der Waals surface area contributed by atoms with Gasteiger partial charge in [0.25, 0.3) is 0 Å². The second kappa shape index (κ2) is 8.92. The van der Waals surface area contributed by atoms with Crippen molar-refractivity contribution in [1.29, 1.82) is 0 Å². The molecule has 0 unspecified atom stereocenters. The van der Waals surface area contributed by atoms with E-state index in [1.165, 1.54) is 25.7 Å². The van der Waals surface area contributed by atoms with Crippen LogP contribution in [-0.4, -0.2) is 24.2 Å². The molecule has 1 heteroatoms. The summed E-state index contributed by atoms with van der Waals surface area (Å²) in [6.07, 6.45) is 5.87. The van der Waals surface area contributed by atoms with Crippen LogP contribution in [0.5, 0.6) is 0 Å². The molecule has 0 atom stereocenters. The van der Waals surface area contributed by atoms with Crippen molar-refractivity contribution >= 4 is 24.2 Å². The maximum absolute atomic E-state index is 2.29. The van der Waals surface area contributed by atoms with Gasteiger partial charge in [-0.25, -0.2) is 0 Å². The Bertz CT molecular complexity index is 37.8. The summed E-state index contributed by atoms with van der Waals surface area (Å²) in [6.45, 7) is 4.59. The van der Waals surface area contributed by atoms with Gasteiger partial charge in [0.15, 0.2) is 0 Å². The average Bonchev–Trinajstić information content (AvgIpc) is 1.89. The monoisotopic (exact) mass is 322 g/mol. The zero-order valence-electron chi connectivity index (χ0n) is 6.74. The van der Waals surface area contributed by atoms with Gasteiger partial charge in [-0.1, -0.05) is 0 Å². The Morgan fingerprint density at radius 1 is 0.889 bits per heavy atom. The van der Waals surface area contributed by atoms with E-state index in [9.17, 15) is 0 Å². The molecule has 0 aromatic carbocycles. The van der Waals surface area contributed by atoms with Gasteiger partial charge in [-0.05, 0) is 0 Å². The van der Waals surface area contributed by atoms with Gasteiger partial charge in [-0.15, -0.1) is 0 Å². The fraction of sp³-hybridized carbons (Fsp3) is 1.00. The quantitative estimate of drug-likeness (QED) is 0.521. The molecule has 0 aromatic rings. The van der Waals surface area contributed by atoms with Crippen LogP contribution in [0.1, 0.15) is 39.5 Å². The van der Waals surface area contributed by atoms with Crippen LogP contribution in [0.2, 0.25) is 7.96 Å². The molecule has 0 saturated carbocycles. The van der Waals surface area contributed by atoms with E-state index in [-0.39, 0.29) is 24.2 Å². The Hall–Kier alpha value is 0.922. The van der Waals surface area contributed by atoms with Gasteiger partial charge < -0.3 is 0 Å². The first-order valence-electron chi connectivity index (χ1n) is 4.12. The molecule has 0 amide bonds. The van der Waals surface area contributed by atoms with E-state index in [1.54, 1.807) is 7.96 Å². The summed E-state index contributed by atoms with van der Waals surface area (Å²) >= 11 is -0.0390. The standard InChI is InChI=1S/2C4H9.Pb/c2*1-3-4-2;/h2*1,3-4H2,2H3;. The van der Waals surface area contributed by atoms with Crippen molar-refractivity contribution in [2.24, 2.45) is 0 Å². The van der Waals surface area contributed by atoms with E-state index in [1.807, 2.05) is 0 Å². The van der Waals surface area contributed by atoms with Crippen LogP contribution < -0.4 is 0 Å². The van der Waals surface area contributed by atoms with Crippen molar-refractivity contribution < 1.29 is 0 Å². The molecule has 0 rings (SSSR count). The molecule has 0 aliphatic rings. The van der Waals surface area contributed by atoms with Crippen LogP contribution in [0.3, 0.4) is 0 Å². The van der Waals surface area contributed by atoms with Gasteiger partial charge in [0.1, 0.15) is 0 Å². The third-order valence-corrected chi connectivity index (χ3v) is 6.91. The van der Waals surface area contributed by atoms with Crippen LogP contribution in [0.4, 0.5) is 0 Å². The first kappa shape index (κ1) is 9.92. The predicted molar refractivity (Wildman–Crippen MR) is 45.2 cm³/mol. The molecule has 0 aromatic heterocycles. The molecule has 2 radical (unpaired) electrons. The normalized spacial score (nSPS) is 10.0. The molecule has 0 spiro atoms. The summed E-state index contributed by atoms with van der Waals surface area (Å²) in [6, 6.07) is 0. The van der Waals surface area contributed by atoms with Gasteiger partial charge >= 0.3 is 71.7 Å². The fourth-order valence-electron chi connectivity index (χ4n) is 0.729. The number of hydrogen-bond acceptors (Lipinski definition) is 0. The number of rotatable bonds is 6. The van der Waals surface area contributed by atoms with E-state index in [0.717, 1.165) is 0 Å². The third-order valence-electron chi connectivity index (χ3n) is 1.41. The zero-order chi connectivity index (χ0) is 6.95. The molecule has 0 aliphatic carbocycles. The van der Waals surface area contributed by atoms with Crippen molar-refractivity contribution in [3.8, 4) is 0 Å². The van der Waals surface area contributed by atoms with E-state index in [4.69, 9.17) is 0 Å². The van der Waals surface area contributed by atoms with E-state index in [2.05, 4.69) is 13.8 Å². The van der Waals surface area contributed by atoms with Crippen molar-refractivity contribution in [3.05, 3.63) is 0 Å². The molecule has 0 saturated heterocycles. The van der Waals surface area contributed by atoms with Crippen molar-refractivity contribution in [2.75, 3.05) is 0 Å². The Kier molecular flexibility index (Phi) is 9.84. The van der Waals surface area contributed by atoms with Gasteiger partial charge in [0.05, 0.1) is 0 Å². The molecule has 9 heavy (non-hydrogen) atoms. The minimum atomic E-state index is -0.0390. The Balaban J connectivity index is 2.60. The average molecular weight is 321 g/mol. The van der Waals surface area contributed by atoms with Crippen LogP contribution in [-0.2, 0) is 0 Å². The topological polar surface area (TPSA) is 0 Å². The van der Waals surface area contributed by atoms with Crippen molar-refractivity contribution in [1.82, 2.24) is 0 Å². The molecule has 0 aliphatic heterocycles. The molecule has 0 nitrogen and oxygen atoms in total. The maximum atomic E-state index is 2.29. The molecule has 0 bridgehead atoms. The van der Waals surface area contributed by atoms with E-state index >= 15 is 0 Å². The van der Waals surface area contributed by atoms with Crippen LogP contribution in [0, 0.1) is 0 Å². The molecule has 0 fully saturated rings. The van der Waals surface area contributed by atoms with Gasteiger partial charge in [0.2, 0.25) is 0 Å². The molecular weight excluding hydrogens is 303 g/mol. The summed E-state index contributed by atoms with van der Waals surface area (Å²) < 4.78 is 3.30. The van der Waals surface area contributed by atoms with Crippen molar-refractivity contribution in [3.63, 3.8) is 0 Å². The second-order valence-corrected chi connectivity index (χ2v) is 8.29. The molecular formula is C8H18Pb. The van der Waals surface area contributed by atoms with Crippen LogP contribution in [0.25, 0.3) is 0 Å². The van der Waals surface area contributed by atoms with Gasteiger partial charge in [-0.2, -0.15) is 0 Å². The summed E-state index contributed by atoms with van der Waals surface area (Å²) in [7, 11) is 0. The number of hydrogen-bond donors (Lipinski definition) is 0. The van der Waals surface area contributed by atoms with E-state index in [0.29, 0.717) is 0 Å². The van der Waals surface area contributed by atoms with Gasteiger partial charge in [0, 0.05) is 0 Å². The molecule has 0 N–H and O–H groups in total. The first-order chi connectivity index (χ1) is 4.41. The first-order valence-corrected chi connectivity index (χ1v) is 9.62. The second-order valence-electron chi connectivity index (χ2n) is 2.46. The summed E-state index contributed by atoms with van der Waals surface area (Å²) in [5.41, 5.74) is 0. The SMILES string of the molecule is CCC[CH2][Pb][CH2]CCC. The van der Waals surface area contributed by atoms with E-state index < -0.39 is 0 Å². The zero-order valence-corrected chi connectivity index (χ0v) is 10.6. The van der Waals surface area contributed by atoms with Gasteiger partial charge in [-0.3, -0.25) is 0 Å². The summed E-state index contributed by atoms with van der Waals surface area (Å²) in [5.74, 6) is 0. The van der Waals surface area contributed by atoms with Crippen LogP contribution in [0.15, 0.2) is 0 Å². The Morgan fingerprint density at radius 2 is 1.33 bits per heavy atom. The van der Waals surface area contributed by atoms with Crippen LogP contribution >= 0.6 is 0 Å². The molecule has 0 heterocycles. The van der Waals surface area contributed by atoms with Crippen molar-refractivity contribution in [2.45, 2.75) is 47.5 Å².